The Kier molecular flexibility index (Phi) is 3.82. The number of halogens is 3. The van der Waals surface area contributed by atoms with Crippen molar-refractivity contribution < 1.29 is 27.1 Å². The topological polar surface area (TPSA) is 61.6 Å². The van der Waals surface area contributed by atoms with Crippen LogP contribution in [0.3, 0.4) is 0 Å². The lowest BCUT2D eigenvalue weighted by Gasteiger charge is -2.16. The summed E-state index contributed by atoms with van der Waals surface area (Å²) in [4.78, 5) is 16.7. The van der Waals surface area contributed by atoms with E-state index in [0.717, 1.165) is 18.9 Å². The van der Waals surface area contributed by atoms with Gasteiger partial charge in [0.1, 0.15) is 16.8 Å². The number of aromatic nitrogens is 1. The second kappa shape index (κ2) is 6.05. The second-order valence-electron chi connectivity index (χ2n) is 5.80. The van der Waals surface area contributed by atoms with Crippen LogP contribution in [-0.2, 0) is 0 Å². The van der Waals surface area contributed by atoms with Gasteiger partial charge >= 0.3 is 12.0 Å². The molecule has 5 nitrogen and oxygen atoms in total. The van der Waals surface area contributed by atoms with Crippen molar-refractivity contribution in [3.63, 3.8) is 0 Å². The van der Waals surface area contributed by atoms with E-state index >= 15 is 0 Å². The number of rotatable bonds is 4. The van der Waals surface area contributed by atoms with Crippen LogP contribution < -0.4 is 15.1 Å². The molecule has 2 heterocycles. The molecular weight excluding hydrogens is 351 g/mol. The molecule has 1 aliphatic rings. The average Bonchev–Trinajstić information content (AvgIpc) is 3.39. The molecule has 0 unspecified atom stereocenters. The normalized spacial score (nSPS) is 14.4. The first-order chi connectivity index (χ1) is 12.4. The first-order valence-electron chi connectivity index (χ1n) is 7.86. The van der Waals surface area contributed by atoms with Crippen LogP contribution in [-0.4, -0.2) is 17.5 Å². The maximum Gasteiger partial charge on any atom is 0.573 e. The molecule has 8 heteroatoms. The Bertz CT molecular complexity index is 1020. The molecule has 1 saturated carbocycles. The van der Waals surface area contributed by atoms with Gasteiger partial charge in [-0.2, -0.15) is 0 Å². The monoisotopic (exact) mass is 363 g/mol. The molecule has 0 amide bonds. The molecule has 4 rings (SSSR count). The highest BCUT2D eigenvalue weighted by Crippen LogP contribution is 2.41. The lowest BCUT2D eigenvalue weighted by Crippen LogP contribution is -2.18. The predicted octanol–water partition coefficient (Wildman–Crippen LogP) is 4.29. The summed E-state index contributed by atoms with van der Waals surface area (Å²) in [5, 5.41) is 0. The summed E-state index contributed by atoms with van der Waals surface area (Å²) in [5.41, 5.74) is -0.550. The molecule has 134 valence electrons. The quantitative estimate of drug-likeness (QED) is 0.692. The van der Waals surface area contributed by atoms with Crippen molar-refractivity contribution >= 4 is 11.1 Å². The third-order valence-corrected chi connectivity index (χ3v) is 3.81. The summed E-state index contributed by atoms with van der Waals surface area (Å²) in [6, 6.07) is 8.50. The third kappa shape index (κ3) is 3.22. The van der Waals surface area contributed by atoms with Crippen molar-refractivity contribution in [2.24, 2.45) is 0 Å². The summed E-state index contributed by atoms with van der Waals surface area (Å²) in [7, 11) is 0. The molecule has 2 aromatic heterocycles. The highest BCUT2D eigenvalue weighted by molar-refractivity contribution is 5.89. The lowest BCUT2D eigenvalue weighted by molar-refractivity contribution is -0.274. The molecule has 3 aromatic rings. The molecule has 0 aliphatic heterocycles. The van der Waals surface area contributed by atoms with E-state index in [-0.39, 0.29) is 34.1 Å². The zero-order valence-electron chi connectivity index (χ0n) is 13.2. The highest BCUT2D eigenvalue weighted by Gasteiger charge is 2.34. The van der Waals surface area contributed by atoms with Crippen molar-refractivity contribution in [2.45, 2.75) is 25.3 Å². The van der Waals surface area contributed by atoms with Crippen molar-refractivity contribution in [3.05, 3.63) is 53.0 Å². The van der Waals surface area contributed by atoms with Crippen LogP contribution in [0.5, 0.6) is 11.5 Å². The highest BCUT2D eigenvalue weighted by atomic mass is 19.4. The SMILES string of the molecule is O=c1oc2cccnc2c(OC2CC2)c1-c1ccccc1OC(F)(F)F. The van der Waals surface area contributed by atoms with Crippen LogP contribution in [0.2, 0.25) is 0 Å². The molecule has 0 spiro atoms. The molecule has 1 aliphatic carbocycles. The fourth-order valence-corrected chi connectivity index (χ4v) is 2.59. The smallest absolute Gasteiger partial charge is 0.487 e. The maximum atomic E-state index is 12.7. The summed E-state index contributed by atoms with van der Waals surface area (Å²) >= 11 is 0. The minimum absolute atomic E-state index is 0.0678. The Hall–Kier alpha value is -3.03. The number of para-hydroxylation sites is 1. The van der Waals surface area contributed by atoms with E-state index < -0.39 is 17.7 Å². The third-order valence-electron chi connectivity index (χ3n) is 3.81. The number of pyridine rings is 1. The Balaban J connectivity index is 1.97. The van der Waals surface area contributed by atoms with E-state index in [1.54, 1.807) is 12.1 Å². The minimum Gasteiger partial charge on any atom is -0.487 e. The molecule has 0 saturated heterocycles. The number of hydrogen-bond donors (Lipinski definition) is 0. The van der Waals surface area contributed by atoms with Crippen LogP contribution in [0.25, 0.3) is 22.2 Å². The molecule has 0 bridgehead atoms. The van der Waals surface area contributed by atoms with Gasteiger partial charge in [-0.3, -0.25) is 0 Å². The zero-order chi connectivity index (χ0) is 18.3. The summed E-state index contributed by atoms with van der Waals surface area (Å²) in [6.45, 7) is 0. The van der Waals surface area contributed by atoms with Gasteiger partial charge in [-0.15, -0.1) is 13.2 Å². The number of benzene rings is 1. The van der Waals surface area contributed by atoms with E-state index in [1.165, 1.54) is 24.4 Å². The zero-order valence-corrected chi connectivity index (χ0v) is 13.2. The van der Waals surface area contributed by atoms with Gasteiger partial charge in [0.2, 0.25) is 0 Å². The van der Waals surface area contributed by atoms with Gasteiger partial charge in [-0.05, 0) is 31.0 Å². The number of hydrogen-bond acceptors (Lipinski definition) is 5. The van der Waals surface area contributed by atoms with Crippen molar-refractivity contribution in [2.75, 3.05) is 0 Å². The Labute approximate surface area is 145 Å². The Morgan fingerprint density at radius 1 is 1.12 bits per heavy atom. The standard InChI is InChI=1S/C18H12F3NO4/c19-18(20,21)26-12-5-2-1-4-11(12)14-16(24-10-7-8-10)15-13(25-17(14)23)6-3-9-22-15/h1-6,9-10H,7-8H2. The van der Waals surface area contributed by atoms with Crippen molar-refractivity contribution in [1.82, 2.24) is 4.98 Å². The number of ether oxygens (including phenoxy) is 2. The molecule has 1 aromatic carbocycles. The fraction of sp³-hybridized carbons (Fsp3) is 0.222. The number of fused-ring (bicyclic) bond motifs is 1. The molecule has 0 N–H and O–H groups in total. The van der Waals surface area contributed by atoms with E-state index in [0.29, 0.717) is 0 Å². The molecule has 0 radical (unpaired) electrons. The van der Waals surface area contributed by atoms with Crippen LogP contribution >= 0.6 is 0 Å². The van der Waals surface area contributed by atoms with Gasteiger partial charge in [0.25, 0.3) is 0 Å². The first kappa shape index (κ1) is 16.4. The van der Waals surface area contributed by atoms with Gasteiger partial charge < -0.3 is 13.9 Å². The minimum atomic E-state index is -4.90. The van der Waals surface area contributed by atoms with Gasteiger partial charge in [-0.1, -0.05) is 18.2 Å². The lowest BCUT2D eigenvalue weighted by atomic mass is 10.0. The predicted molar refractivity (Wildman–Crippen MR) is 86.0 cm³/mol. The largest absolute Gasteiger partial charge is 0.573 e. The van der Waals surface area contributed by atoms with Crippen LogP contribution in [0.15, 0.2) is 51.8 Å². The Morgan fingerprint density at radius 3 is 2.62 bits per heavy atom. The van der Waals surface area contributed by atoms with Crippen LogP contribution in [0.4, 0.5) is 13.2 Å². The molecular formula is C18H12F3NO4. The maximum absolute atomic E-state index is 12.7. The molecule has 1 fully saturated rings. The summed E-state index contributed by atoms with van der Waals surface area (Å²) in [6.07, 6.45) is -1.91. The van der Waals surface area contributed by atoms with Crippen molar-refractivity contribution in [1.29, 1.82) is 0 Å². The fourth-order valence-electron chi connectivity index (χ4n) is 2.59. The van der Waals surface area contributed by atoms with Crippen molar-refractivity contribution in [3.8, 4) is 22.6 Å². The summed E-state index contributed by atoms with van der Waals surface area (Å²) < 4.78 is 53.4. The number of alkyl halides is 3. The van der Waals surface area contributed by atoms with Gasteiger partial charge in [0.15, 0.2) is 11.3 Å². The first-order valence-corrected chi connectivity index (χ1v) is 7.86. The van der Waals surface area contributed by atoms with Crippen LogP contribution in [0.1, 0.15) is 12.8 Å². The second-order valence-corrected chi connectivity index (χ2v) is 5.80. The van der Waals surface area contributed by atoms with Gasteiger partial charge in [-0.25, -0.2) is 9.78 Å². The van der Waals surface area contributed by atoms with E-state index in [2.05, 4.69) is 9.72 Å². The van der Waals surface area contributed by atoms with Crippen LogP contribution in [0, 0.1) is 0 Å². The van der Waals surface area contributed by atoms with Gasteiger partial charge in [0.05, 0.1) is 6.10 Å². The Morgan fingerprint density at radius 2 is 1.88 bits per heavy atom. The summed E-state index contributed by atoms with van der Waals surface area (Å²) in [5.74, 6) is -0.402. The van der Waals surface area contributed by atoms with E-state index in [1.807, 2.05) is 0 Å². The number of nitrogens with zero attached hydrogens (tertiary/aromatic N) is 1. The van der Waals surface area contributed by atoms with E-state index in [4.69, 9.17) is 9.15 Å². The molecule has 26 heavy (non-hydrogen) atoms. The molecule has 0 atom stereocenters. The average molecular weight is 363 g/mol. The van der Waals surface area contributed by atoms with E-state index in [9.17, 15) is 18.0 Å². The van der Waals surface area contributed by atoms with Gasteiger partial charge in [0, 0.05) is 11.8 Å².